The van der Waals surface area contributed by atoms with Gasteiger partial charge in [0, 0.05) is 24.3 Å². The van der Waals surface area contributed by atoms with Crippen molar-refractivity contribution < 1.29 is 27.1 Å². The van der Waals surface area contributed by atoms with E-state index in [1.165, 1.54) is 13.2 Å². The highest BCUT2D eigenvalue weighted by molar-refractivity contribution is 5.96. The number of piperidine rings is 1. The molecular formula is C25H32F4N6O2. The molecule has 2 aliphatic rings. The van der Waals surface area contributed by atoms with Crippen molar-refractivity contribution >= 4 is 23.4 Å². The van der Waals surface area contributed by atoms with Gasteiger partial charge >= 0.3 is 6.18 Å². The summed E-state index contributed by atoms with van der Waals surface area (Å²) in [7, 11) is 3.35. The molecule has 1 aromatic heterocycles. The maximum atomic E-state index is 15.0. The largest absolute Gasteiger partial charge is 0.495 e. The Morgan fingerprint density at radius 1 is 1.08 bits per heavy atom. The predicted molar refractivity (Wildman–Crippen MR) is 132 cm³/mol. The number of nitrogens with one attached hydrogen (secondary N) is 3. The van der Waals surface area contributed by atoms with E-state index in [-0.39, 0.29) is 40.9 Å². The van der Waals surface area contributed by atoms with Gasteiger partial charge in [-0.05, 0) is 51.9 Å². The van der Waals surface area contributed by atoms with E-state index in [9.17, 15) is 22.4 Å². The lowest BCUT2D eigenvalue weighted by molar-refractivity contribution is -0.137. The van der Waals surface area contributed by atoms with Crippen molar-refractivity contribution in [3.05, 3.63) is 35.3 Å². The second-order valence-corrected chi connectivity index (χ2v) is 9.64. The third-order valence-electron chi connectivity index (χ3n) is 6.87. The fraction of sp³-hybridized carbons (Fsp3) is 0.560. The lowest BCUT2D eigenvalue weighted by Gasteiger charge is -2.29. The standard InChI is InChI=1S/C25H32F4N6O2/c1-35-10-8-16(9-11-35)32-23(36)17-12-21(37-2)20(13-19(17)26)33-24-30-14-18(25(27,28)29)22(34-24)31-15-6-4-3-5-7-15/h12-16H,3-11H2,1-2H3,(H,32,36)(H2,30,31,33,34). The van der Waals surface area contributed by atoms with Gasteiger partial charge in [0.15, 0.2) is 0 Å². The average Bonchev–Trinajstić information content (AvgIpc) is 2.85. The normalized spacial score (nSPS) is 17.9. The number of hydrogen-bond acceptors (Lipinski definition) is 7. The second-order valence-electron chi connectivity index (χ2n) is 9.64. The Bertz CT molecular complexity index is 1100. The molecule has 2 heterocycles. The molecule has 37 heavy (non-hydrogen) atoms. The molecule has 1 aromatic carbocycles. The fourth-order valence-electron chi connectivity index (χ4n) is 4.73. The topological polar surface area (TPSA) is 91.4 Å². The molecule has 1 aliphatic heterocycles. The van der Waals surface area contributed by atoms with Gasteiger partial charge in [0.25, 0.3) is 5.91 Å². The second kappa shape index (κ2) is 11.5. The predicted octanol–water partition coefficient (Wildman–Crippen LogP) is 4.96. The van der Waals surface area contributed by atoms with E-state index in [2.05, 4.69) is 30.8 Å². The highest BCUT2D eigenvalue weighted by Crippen LogP contribution is 2.36. The van der Waals surface area contributed by atoms with Crippen LogP contribution >= 0.6 is 0 Å². The Morgan fingerprint density at radius 2 is 1.78 bits per heavy atom. The first-order valence-electron chi connectivity index (χ1n) is 12.5. The SMILES string of the molecule is COc1cc(C(=O)NC2CCN(C)CC2)c(F)cc1Nc1ncc(C(F)(F)F)c(NC2CCCCC2)n1. The first-order chi connectivity index (χ1) is 17.6. The van der Waals surface area contributed by atoms with Gasteiger partial charge < -0.3 is 25.6 Å². The summed E-state index contributed by atoms with van der Waals surface area (Å²) in [6.45, 7) is 1.68. The highest BCUT2D eigenvalue weighted by Gasteiger charge is 2.36. The lowest BCUT2D eigenvalue weighted by Crippen LogP contribution is -2.43. The zero-order valence-corrected chi connectivity index (χ0v) is 20.9. The smallest absolute Gasteiger partial charge is 0.421 e. The van der Waals surface area contributed by atoms with Crippen molar-refractivity contribution in [2.75, 3.05) is 37.9 Å². The molecule has 0 bridgehead atoms. The molecule has 3 N–H and O–H groups in total. The number of benzene rings is 1. The van der Waals surface area contributed by atoms with Gasteiger partial charge in [-0.25, -0.2) is 9.37 Å². The number of rotatable bonds is 7. The molecule has 1 saturated heterocycles. The molecule has 0 radical (unpaired) electrons. The molecule has 0 spiro atoms. The quantitative estimate of drug-likeness (QED) is 0.441. The van der Waals surface area contributed by atoms with E-state index in [1.807, 2.05) is 7.05 Å². The third kappa shape index (κ3) is 6.79. The van der Waals surface area contributed by atoms with E-state index in [0.29, 0.717) is 6.20 Å². The van der Waals surface area contributed by atoms with Crippen LogP contribution in [-0.4, -0.2) is 60.1 Å². The Kier molecular flexibility index (Phi) is 8.35. The zero-order chi connectivity index (χ0) is 26.6. The number of likely N-dealkylation sites (tertiary alicyclic amines) is 1. The van der Waals surface area contributed by atoms with Crippen LogP contribution in [0, 0.1) is 5.82 Å². The van der Waals surface area contributed by atoms with Crippen LogP contribution in [0.4, 0.5) is 35.0 Å². The summed E-state index contributed by atoms with van der Waals surface area (Å²) >= 11 is 0. The van der Waals surface area contributed by atoms with Crippen LogP contribution in [0.1, 0.15) is 60.9 Å². The first kappa shape index (κ1) is 26.9. The van der Waals surface area contributed by atoms with E-state index in [4.69, 9.17) is 4.74 Å². The van der Waals surface area contributed by atoms with Crippen LogP contribution in [-0.2, 0) is 6.18 Å². The van der Waals surface area contributed by atoms with Crippen LogP contribution < -0.4 is 20.7 Å². The Labute approximate surface area is 213 Å². The third-order valence-corrected chi connectivity index (χ3v) is 6.87. The summed E-state index contributed by atoms with van der Waals surface area (Å²) in [5.74, 6) is -1.72. The number of hydrogen-bond donors (Lipinski definition) is 3. The van der Waals surface area contributed by atoms with Crippen LogP contribution in [0.2, 0.25) is 0 Å². The summed E-state index contributed by atoms with van der Waals surface area (Å²) < 4.78 is 61.1. The Hall–Kier alpha value is -3.15. The summed E-state index contributed by atoms with van der Waals surface area (Å²) in [6, 6.07) is 2.14. The van der Waals surface area contributed by atoms with Gasteiger partial charge in [-0.2, -0.15) is 18.2 Å². The van der Waals surface area contributed by atoms with Crippen molar-refractivity contribution in [2.24, 2.45) is 0 Å². The molecule has 0 atom stereocenters. The van der Waals surface area contributed by atoms with Gasteiger partial charge in [-0.1, -0.05) is 19.3 Å². The van der Waals surface area contributed by atoms with Crippen LogP contribution in [0.3, 0.4) is 0 Å². The summed E-state index contributed by atoms with van der Waals surface area (Å²) in [6.07, 6.45) is 2.03. The molecule has 1 saturated carbocycles. The maximum absolute atomic E-state index is 15.0. The molecule has 4 rings (SSSR count). The number of nitrogens with zero attached hydrogens (tertiary/aromatic N) is 3. The van der Waals surface area contributed by atoms with Crippen molar-refractivity contribution in [1.82, 2.24) is 20.2 Å². The summed E-state index contributed by atoms with van der Waals surface area (Å²) in [5, 5.41) is 8.52. The number of aromatic nitrogens is 2. The Morgan fingerprint density at radius 3 is 2.43 bits per heavy atom. The van der Waals surface area contributed by atoms with E-state index >= 15 is 0 Å². The number of methoxy groups -OCH3 is 1. The van der Waals surface area contributed by atoms with E-state index in [0.717, 1.165) is 64.1 Å². The monoisotopic (exact) mass is 524 g/mol. The maximum Gasteiger partial charge on any atom is 0.421 e. The van der Waals surface area contributed by atoms with Crippen LogP contribution in [0.5, 0.6) is 5.75 Å². The van der Waals surface area contributed by atoms with Gasteiger partial charge in [-0.3, -0.25) is 4.79 Å². The van der Waals surface area contributed by atoms with E-state index in [1.54, 1.807) is 0 Å². The van der Waals surface area contributed by atoms with Crippen LogP contribution in [0.25, 0.3) is 0 Å². The van der Waals surface area contributed by atoms with Crippen molar-refractivity contribution in [1.29, 1.82) is 0 Å². The van der Waals surface area contributed by atoms with Gasteiger partial charge in [0.05, 0.1) is 18.4 Å². The first-order valence-corrected chi connectivity index (χ1v) is 12.5. The molecule has 8 nitrogen and oxygen atoms in total. The highest BCUT2D eigenvalue weighted by atomic mass is 19.4. The molecule has 0 unspecified atom stereocenters. The van der Waals surface area contributed by atoms with Crippen molar-refractivity contribution in [3.63, 3.8) is 0 Å². The summed E-state index contributed by atoms with van der Waals surface area (Å²) in [4.78, 5) is 22.8. The van der Waals surface area contributed by atoms with Gasteiger partial charge in [-0.15, -0.1) is 0 Å². The minimum atomic E-state index is -4.64. The number of carbonyl (C=O) groups excluding carboxylic acids is 1. The number of ether oxygens (including phenoxy) is 1. The number of anilines is 3. The van der Waals surface area contributed by atoms with Gasteiger partial charge in [0.2, 0.25) is 5.95 Å². The van der Waals surface area contributed by atoms with Gasteiger partial charge in [0.1, 0.15) is 22.9 Å². The molecule has 2 fully saturated rings. The molecule has 1 amide bonds. The number of halogens is 4. The van der Waals surface area contributed by atoms with Crippen LogP contribution in [0.15, 0.2) is 18.3 Å². The number of carbonyl (C=O) groups is 1. The zero-order valence-electron chi connectivity index (χ0n) is 20.9. The fourth-order valence-corrected chi connectivity index (χ4v) is 4.73. The average molecular weight is 525 g/mol. The lowest BCUT2D eigenvalue weighted by atomic mass is 9.95. The minimum absolute atomic E-state index is 0.0532. The van der Waals surface area contributed by atoms with Crippen molar-refractivity contribution in [2.45, 2.75) is 63.2 Å². The van der Waals surface area contributed by atoms with E-state index < -0.39 is 23.5 Å². The van der Waals surface area contributed by atoms with Crippen molar-refractivity contribution in [3.8, 4) is 5.75 Å². The molecule has 202 valence electrons. The Balaban J connectivity index is 1.54. The molecular weight excluding hydrogens is 492 g/mol. The minimum Gasteiger partial charge on any atom is -0.495 e. The number of amides is 1. The molecule has 12 heteroatoms. The molecule has 1 aliphatic carbocycles. The number of alkyl halides is 3. The summed E-state index contributed by atoms with van der Waals surface area (Å²) in [5.41, 5.74) is -1.07. The molecule has 2 aromatic rings.